The van der Waals surface area contributed by atoms with E-state index in [1.165, 1.54) is 0 Å². The smallest absolute Gasteiger partial charge is 0.253 e. The number of amides is 1. The molecule has 5 rings (SSSR count). The molecule has 6 nitrogen and oxygen atoms in total. The lowest BCUT2D eigenvalue weighted by Crippen LogP contribution is -2.46. The number of sulfone groups is 1. The first kappa shape index (κ1) is 19.2. The van der Waals surface area contributed by atoms with Gasteiger partial charge in [0.05, 0.1) is 11.5 Å². The minimum Gasteiger partial charge on any atom is -0.339 e. The Kier molecular flexibility index (Phi) is 4.39. The SMILES string of the molecule is O=C1c2ccccc2C(=O)c2cc(C(=O)N3CCC(C4CS(=O)(=O)C4)CC3)ccc21. The van der Waals surface area contributed by atoms with Crippen LogP contribution in [0.5, 0.6) is 0 Å². The number of rotatable bonds is 2. The van der Waals surface area contributed by atoms with E-state index in [2.05, 4.69) is 0 Å². The fourth-order valence-corrected chi connectivity index (χ4v) is 6.62. The Morgan fingerprint density at radius 1 is 0.800 bits per heavy atom. The largest absolute Gasteiger partial charge is 0.339 e. The Labute approximate surface area is 174 Å². The molecule has 1 amide bonds. The first-order valence-electron chi connectivity index (χ1n) is 10.2. The number of carbonyl (C=O) groups is 3. The minimum absolute atomic E-state index is 0.156. The van der Waals surface area contributed by atoms with Gasteiger partial charge in [0, 0.05) is 40.9 Å². The first-order valence-corrected chi connectivity index (χ1v) is 12.0. The molecule has 0 saturated carbocycles. The molecule has 0 aromatic heterocycles. The highest BCUT2D eigenvalue weighted by molar-refractivity contribution is 7.92. The van der Waals surface area contributed by atoms with Crippen LogP contribution in [0.4, 0.5) is 0 Å². The van der Waals surface area contributed by atoms with E-state index in [-0.39, 0.29) is 40.5 Å². The molecular formula is C23H21NO5S. The van der Waals surface area contributed by atoms with E-state index >= 15 is 0 Å². The van der Waals surface area contributed by atoms with Crippen molar-refractivity contribution in [3.8, 4) is 0 Å². The van der Waals surface area contributed by atoms with Crippen LogP contribution >= 0.6 is 0 Å². The third-order valence-electron chi connectivity index (χ3n) is 6.60. The fourth-order valence-electron chi connectivity index (χ4n) is 4.86. The molecule has 30 heavy (non-hydrogen) atoms. The van der Waals surface area contributed by atoms with Crippen molar-refractivity contribution in [2.24, 2.45) is 11.8 Å². The Hall–Kier alpha value is -2.80. The molecule has 0 atom stereocenters. The molecule has 7 heteroatoms. The third kappa shape index (κ3) is 3.08. The van der Waals surface area contributed by atoms with Crippen molar-refractivity contribution in [2.45, 2.75) is 12.8 Å². The maximum absolute atomic E-state index is 13.0. The second-order valence-corrected chi connectivity index (χ2v) is 10.6. The highest BCUT2D eigenvalue weighted by Gasteiger charge is 2.40. The number of piperidine rings is 1. The van der Waals surface area contributed by atoms with E-state index in [9.17, 15) is 22.8 Å². The van der Waals surface area contributed by atoms with Gasteiger partial charge in [-0.25, -0.2) is 8.42 Å². The van der Waals surface area contributed by atoms with Gasteiger partial charge in [0.15, 0.2) is 21.4 Å². The molecule has 1 aliphatic carbocycles. The molecule has 0 radical (unpaired) electrons. The van der Waals surface area contributed by atoms with Crippen molar-refractivity contribution >= 4 is 27.3 Å². The van der Waals surface area contributed by atoms with E-state index in [1.54, 1.807) is 47.4 Å². The summed E-state index contributed by atoms with van der Waals surface area (Å²) in [5.74, 6) is 0.519. The number of likely N-dealkylation sites (tertiary alicyclic amines) is 1. The first-order chi connectivity index (χ1) is 14.3. The summed E-state index contributed by atoms with van der Waals surface area (Å²) in [5, 5.41) is 0. The van der Waals surface area contributed by atoms with Crippen molar-refractivity contribution in [3.63, 3.8) is 0 Å². The van der Waals surface area contributed by atoms with Crippen molar-refractivity contribution in [2.75, 3.05) is 24.6 Å². The van der Waals surface area contributed by atoms with E-state index in [4.69, 9.17) is 0 Å². The van der Waals surface area contributed by atoms with Gasteiger partial charge in [0.2, 0.25) is 0 Å². The lowest BCUT2D eigenvalue weighted by atomic mass is 9.83. The standard InChI is InChI=1S/C23H21NO5S/c25-21-17-3-1-2-4-18(17)22(26)20-11-15(5-6-19(20)21)23(27)24-9-7-14(8-10-24)16-12-30(28,29)13-16/h1-6,11,14,16H,7-10,12-13H2. The summed E-state index contributed by atoms with van der Waals surface area (Å²) >= 11 is 0. The van der Waals surface area contributed by atoms with Gasteiger partial charge < -0.3 is 4.90 Å². The zero-order valence-electron chi connectivity index (χ0n) is 16.3. The van der Waals surface area contributed by atoms with Crippen LogP contribution in [-0.4, -0.2) is 55.4 Å². The molecule has 2 aliphatic heterocycles. The number of benzene rings is 2. The van der Waals surface area contributed by atoms with Crippen LogP contribution in [0.15, 0.2) is 42.5 Å². The number of ketones is 2. The lowest BCUT2D eigenvalue weighted by molar-refractivity contribution is 0.0665. The molecule has 2 aromatic rings. The maximum Gasteiger partial charge on any atom is 0.253 e. The molecular weight excluding hydrogens is 402 g/mol. The molecule has 0 bridgehead atoms. The van der Waals surface area contributed by atoms with Gasteiger partial charge in [-0.15, -0.1) is 0 Å². The fraction of sp³-hybridized carbons (Fsp3) is 0.348. The predicted molar refractivity (Wildman–Crippen MR) is 111 cm³/mol. The Morgan fingerprint density at radius 3 is 1.97 bits per heavy atom. The van der Waals surface area contributed by atoms with Crippen molar-refractivity contribution in [3.05, 3.63) is 70.3 Å². The zero-order chi connectivity index (χ0) is 21.0. The number of hydrogen-bond acceptors (Lipinski definition) is 5. The second kappa shape index (κ2) is 6.87. The van der Waals surface area contributed by atoms with Gasteiger partial charge in [-0.1, -0.05) is 24.3 Å². The molecule has 3 aliphatic rings. The van der Waals surface area contributed by atoms with Crippen molar-refractivity contribution in [1.29, 1.82) is 0 Å². The topological polar surface area (TPSA) is 88.6 Å². The van der Waals surface area contributed by atoms with Gasteiger partial charge >= 0.3 is 0 Å². The molecule has 0 spiro atoms. The molecule has 2 heterocycles. The summed E-state index contributed by atoms with van der Waals surface area (Å²) in [5.41, 5.74) is 1.78. The van der Waals surface area contributed by atoms with Crippen LogP contribution in [-0.2, 0) is 9.84 Å². The highest BCUT2D eigenvalue weighted by Crippen LogP contribution is 2.34. The average molecular weight is 423 g/mol. The average Bonchev–Trinajstić information content (AvgIpc) is 2.75. The van der Waals surface area contributed by atoms with E-state index < -0.39 is 9.84 Å². The van der Waals surface area contributed by atoms with Gasteiger partial charge in [-0.2, -0.15) is 0 Å². The molecule has 154 valence electrons. The Balaban J connectivity index is 1.33. The summed E-state index contributed by atoms with van der Waals surface area (Å²) in [6, 6.07) is 11.5. The van der Waals surface area contributed by atoms with Crippen LogP contribution in [0.3, 0.4) is 0 Å². The third-order valence-corrected chi connectivity index (χ3v) is 8.47. The molecule has 0 N–H and O–H groups in total. The van der Waals surface area contributed by atoms with Crippen LogP contribution in [0, 0.1) is 11.8 Å². The zero-order valence-corrected chi connectivity index (χ0v) is 17.2. The molecule has 2 fully saturated rings. The second-order valence-electron chi connectivity index (χ2n) is 8.43. The highest BCUT2D eigenvalue weighted by atomic mass is 32.2. The van der Waals surface area contributed by atoms with Crippen LogP contribution in [0.2, 0.25) is 0 Å². The van der Waals surface area contributed by atoms with E-state index in [0.29, 0.717) is 41.3 Å². The van der Waals surface area contributed by atoms with E-state index in [0.717, 1.165) is 12.8 Å². The summed E-state index contributed by atoms with van der Waals surface area (Å²) in [7, 11) is -2.83. The number of nitrogens with zero attached hydrogens (tertiary/aromatic N) is 1. The minimum atomic E-state index is -2.83. The molecule has 0 unspecified atom stereocenters. The maximum atomic E-state index is 13.0. The number of hydrogen-bond donors (Lipinski definition) is 0. The summed E-state index contributed by atoms with van der Waals surface area (Å²) in [4.78, 5) is 40.4. The Bertz CT molecular complexity index is 1180. The monoisotopic (exact) mass is 423 g/mol. The van der Waals surface area contributed by atoms with Gasteiger partial charge in [0.1, 0.15) is 0 Å². The van der Waals surface area contributed by atoms with Crippen LogP contribution in [0.1, 0.15) is 55.0 Å². The number of fused-ring (bicyclic) bond motifs is 2. The Morgan fingerprint density at radius 2 is 1.37 bits per heavy atom. The lowest BCUT2D eigenvalue weighted by Gasteiger charge is -2.39. The quantitative estimate of drug-likeness (QED) is 0.631. The van der Waals surface area contributed by atoms with E-state index in [1.807, 2.05) is 0 Å². The molecule has 2 aromatic carbocycles. The van der Waals surface area contributed by atoms with Gasteiger partial charge in [-0.05, 0) is 42.9 Å². The number of carbonyl (C=O) groups excluding carboxylic acids is 3. The van der Waals surface area contributed by atoms with Crippen molar-refractivity contribution in [1.82, 2.24) is 4.90 Å². The van der Waals surface area contributed by atoms with Crippen molar-refractivity contribution < 1.29 is 22.8 Å². The summed E-state index contributed by atoms with van der Waals surface area (Å²) in [6.07, 6.45) is 1.59. The van der Waals surface area contributed by atoms with Gasteiger partial charge in [0.25, 0.3) is 5.91 Å². The van der Waals surface area contributed by atoms with Crippen LogP contribution in [0.25, 0.3) is 0 Å². The summed E-state index contributed by atoms with van der Waals surface area (Å²) < 4.78 is 22.9. The summed E-state index contributed by atoms with van der Waals surface area (Å²) in [6.45, 7) is 1.15. The normalized spacial score (nSPS) is 21.0. The molecule has 2 saturated heterocycles. The van der Waals surface area contributed by atoms with Crippen LogP contribution < -0.4 is 0 Å². The van der Waals surface area contributed by atoms with Gasteiger partial charge in [-0.3, -0.25) is 14.4 Å². The predicted octanol–water partition coefficient (Wildman–Crippen LogP) is 2.36.